The average molecular weight is 249 g/mol. The van der Waals surface area contributed by atoms with Crippen molar-refractivity contribution in [3.63, 3.8) is 0 Å². The van der Waals surface area contributed by atoms with Crippen LogP contribution in [0, 0.1) is 0 Å². The highest BCUT2D eigenvalue weighted by atomic mass is 16.1. The molecule has 0 saturated carbocycles. The number of amides is 1. The number of anilines is 1. The Labute approximate surface area is 109 Å². The van der Waals surface area contributed by atoms with Gasteiger partial charge in [-0.2, -0.15) is 0 Å². The molecule has 1 amide bonds. The molecule has 1 rings (SSSR count). The highest BCUT2D eigenvalue weighted by Gasteiger charge is 2.05. The monoisotopic (exact) mass is 249 g/mol. The normalized spacial score (nSPS) is 10.6. The third-order valence-electron chi connectivity index (χ3n) is 2.76. The van der Waals surface area contributed by atoms with Gasteiger partial charge in [0.15, 0.2) is 0 Å². The van der Waals surface area contributed by atoms with Gasteiger partial charge in [-0.1, -0.05) is 18.2 Å². The molecule has 1 aromatic carbocycles. The van der Waals surface area contributed by atoms with Crippen molar-refractivity contribution in [1.82, 2.24) is 10.2 Å². The van der Waals surface area contributed by atoms with Crippen LogP contribution in [0.4, 0.5) is 5.69 Å². The van der Waals surface area contributed by atoms with Crippen molar-refractivity contribution in [3.8, 4) is 0 Å². The van der Waals surface area contributed by atoms with E-state index in [1.807, 2.05) is 24.3 Å². The maximum atomic E-state index is 11.7. The van der Waals surface area contributed by atoms with Gasteiger partial charge in [0.05, 0.1) is 6.42 Å². The van der Waals surface area contributed by atoms with Gasteiger partial charge < -0.3 is 16.0 Å². The first kappa shape index (κ1) is 14.5. The van der Waals surface area contributed by atoms with Gasteiger partial charge in [-0.25, -0.2) is 0 Å². The number of carbonyl (C=O) groups excluding carboxylic acids is 1. The molecule has 0 bridgehead atoms. The van der Waals surface area contributed by atoms with E-state index in [1.165, 1.54) is 0 Å². The molecular formula is C14H23N3O. The fourth-order valence-electron chi connectivity index (χ4n) is 1.71. The number of unbranched alkanes of at least 4 members (excludes halogenated alkanes) is 1. The number of carbonyl (C=O) groups is 1. The Kier molecular flexibility index (Phi) is 6.22. The molecule has 0 heterocycles. The minimum Gasteiger partial charge on any atom is -0.398 e. The summed E-state index contributed by atoms with van der Waals surface area (Å²) < 4.78 is 0. The zero-order valence-corrected chi connectivity index (χ0v) is 11.3. The lowest BCUT2D eigenvalue weighted by Gasteiger charge is -2.10. The van der Waals surface area contributed by atoms with Crippen LogP contribution in [0.25, 0.3) is 0 Å². The number of hydrogen-bond acceptors (Lipinski definition) is 3. The summed E-state index contributed by atoms with van der Waals surface area (Å²) in [6, 6.07) is 7.48. The van der Waals surface area contributed by atoms with Crippen LogP contribution in [-0.4, -0.2) is 38.0 Å². The average Bonchev–Trinajstić information content (AvgIpc) is 2.31. The molecular weight excluding hydrogens is 226 g/mol. The van der Waals surface area contributed by atoms with Gasteiger partial charge in [-0.3, -0.25) is 4.79 Å². The van der Waals surface area contributed by atoms with Gasteiger partial charge in [-0.15, -0.1) is 0 Å². The van der Waals surface area contributed by atoms with E-state index >= 15 is 0 Å². The maximum Gasteiger partial charge on any atom is 0.224 e. The van der Waals surface area contributed by atoms with Crippen molar-refractivity contribution < 1.29 is 4.79 Å². The second kappa shape index (κ2) is 7.71. The number of nitrogens with two attached hydrogens (primary N) is 1. The molecule has 3 N–H and O–H groups in total. The van der Waals surface area contributed by atoms with Crippen LogP contribution in [0.2, 0.25) is 0 Å². The number of nitrogen functional groups attached to an aromatic ring is 1. The number of hydrogen-bond donors (Lipinski definition) is 2. The van der Waals surface area contributed by atoms with Crippen LogP contribution in [-0.2, 0) is 11.2 Å². The molecule has 1 aromatic rings. The van der Waals surface area contributed by atoms with Crippen molar-refractivity contribution in [3.05, 3.63) is 29.8 Å². The minimum atomic E-state index is 0.0396. The summed E-state index contributed by atoms with van der Waals surface area (Å²) in [5.41, 5.74) is 7.37. The molecule has 18 heavy (non-hydrogen) atoms. The van der Waals surface area contributed by atoms with Crippen molar-refractivity contribution in [2.75, 3.05) is 32.9 Å². The standard InChI is InChI=1S/C14H23N3O/c1-17(2)10-6-5-9-16-14(18)11-12-7-3-4-8-13(12)15/h3-4,7-8H,5-6,9-11,15H2,1-2H3,(H,16,18). The molecule has 4 nitrogen and oxygen atoms in total. The van der Waals surface area contributed by atoms with Crippen LogP contribution < -0.4 is 11.1 Å². The first-order valence-corrected chi connectivity index (χ1v) is 6.34. The summed E-state index contributed by atoms with van der Waals surface area (Å²) in [5, 5.41) is 2.92. The van der Waals surface area contributed by atoms with Crippen molar-refractivity contribution in [2.24, 2.45) is 0 Å². The van der Waals surface area contributed by atoms with Crippen LogP contribution in [0.15, 0.2) is 24.3 Å². The van der Waals surface area contributed by atoms with Crippen LogP contribution >= 0.6 is 0 Å². The highest BCUT2D eigenvalue weighted by molar-refractivity contribution is 5.80. The molecule has 0 aliphatic carbocycles. The lowest BCUT2D eigenvalue weighted by atomic mass is 10.1. The number of benzene rings is 1. The van der Waals surface area contributed by atoms with Gasteiger partial charge in [-0.05, 0) is 45.1 Å². The second-order valence-electron chi connectivity index (χ2n) is 4.74. The quantitative estimate of drug-likeness (QED) is 0.565. The molecule has 0 aliphatic heterocycles. The zero-order chi connectivity index (χ0) is 13.4. The molecule has 0 aromatic heterocycles. The van der Waals surface area contributed by atoms with E-state index in [1.54, 1.807) is 0 Å². The summed E-state index contributed by atoms with van der Waals surface area (Å²) in [6.07, 6.45) is 2.47. The van der Waals surface area contributed by atoms with Gasteiger partial charge in [0.25, 0.3) is 0 Å². The Morgan fingerprint density at radius 2 is 2.00 bits per heavy atom. The van der Waals surface area contributed by atoms with Gasteiger partial charge in [0.2, 0.25) is 5.91 Å². The number of para-hydroxylation sites is 1. The molecule has 100 valence electrons. The van der Waals surface area contributed by atoms with Crippen molar-refractivity contribution in [1.29, 1.82) is 0 Å². The van der Waals surface area contributed by atoms with Gasteiger partial charge in [0.1, 0.15) is 0 Å². The number of nitrogens with one attached hydrogen (secondary N) is 1. The topological polar surface area (TPSA) is 58.4 Å². The molecule has 0 atom stereocenters. The van der Waals surface area contributed by atoms with E-state index in [-0.39, 0.29) is 5.91 Å². The zero-order valence-electron chi connectivity index (χ0n) is 11.3. The van der Waals surface area contributed by atoms with Crippen LogP contribution in [0.3, 0.4) is 0 Å². The van der Waals surface area contributed by atoms with E-state index in [2.05, 4.69) is 24.3 Å². The SMILES string of the molecule is CN(C)CCCCNC(=O)Cc1ccccc1N. The summed E-state index contributed by atoms with van der Waals surface area (Å²) in [7, 11) is 4.10. The third-order valence-corrected chi connectivity index (χ3v) is 2.76. The molecule has 0 radical (unpaired) electrons. The van der Waals surface area contributed by atoms with Crippen molar-refractivity contribution >= 4 is 11.6 Å². The van der Waals surface area contributed by atoms with E-state index in [0.717, 1.165) is 31.5 Å². The van der Waals surface area contributed by atoms with E-state index in [9.17, 15) is 4.79 Å². The predicted octanol–water partition coefficient (Wildman–Crippen LogP) is 1.27. The Hall–Kier alpha value is -1.55. The lowest BCUT2D eigenvalue weighted by Crippen LogP contribution is -2.27. The Bertz CT molecular complexity index is 377. The summed E-state index contributed by atoms with van der Waals surface area (Å²) in [5.74, 6) is 0.0396. The fourth-order valence-corrected chi connectivity index (χ4v) is 1.71. The summed E-state index contributed by atoms with van der Waals surface area (Å²) in [4.78, 5) is 13.8. The predicted molar refractivity (Wildman–Crippen MR) is 75.4 cm³/mol. The number of rotatable bonds is 7. The lowest BCUT2D eigenvalue weighted by molar-refractivity contribution is -0.120. The highest BCUT2D eigenvalue weighted by Crippen LogP contribution is 2.10. The fraction of sp³-hybridized carbons (Fsp3) is 0.500. The second-order valence-corrected chi connectivity index (χ2v) is 4.74. The van der Waals surface area contributed by atoms with Crippen LogP contribution in [0.1, 0.15) is 18.4 Å². The maximum absolute atomic E-state index is 11.7. The third kappa shape index (κ3) is 5.68. The molecule has 0 spiro atoms. The molecule has 0 fully saturated rings. The van der Waals surface area contributed by atoms with Gasteiger partial charge in [0, 0.05) is 12.2 Å². The number of nitrogens with zero attached hydrogens (tertiary/aromatic N) is 1. The first-order valence-electron chi connectivity index (χ1n) is 6.34. The Morgan fingerprint density at radius 3 is 2.67 bits per heavy atom. The van der Waals surface area contributed by atoms with E-state index in [0.29, 0.717) is 12.1 Å². The molecule has 4 heteroatoms. The first-order chi connectivity index (χ1) is 8.59. The molecule has 0 unspecified atom stereocenters. The van der Waals surface area contributed by atoms with Crippen LogP contribution in [0.5, 0.6) is 0 Å². The molecule has 0 saturated heterocycles. The smallest absolute Gasteiger partial charge is 0.224 e. The van der Waals surface area contributed by atoms with E-state index < -0.39 is 0 Å². The summed E-state index contributed by atoms with van der Waals surface area (Å²) >= 11 is 0. The van der Waals surface area contributed by atoms with Crippen molar-refractivity contribution in [2.45, 2.75) is 19.3 Å². The largest absolute Gasteiger partial charge is 0.398 e. The Balaban J connectivity index is 2.20. The molecule has 0 aliphatic rings. The minimum absolute atomic E-state index is 0.0396. The van der Waals surface area contributed by atoms with Gasteiger partial charge >= 0.3 is 0 Å². The Morgan fingerprint density at radius 1 is 1.28 bits per heavy atom. The van der Waals surface area contributed by atoms with E-state index in [4.69, 9.17) is 5.73 Å². The summed E-state index contributed by atoms with van der Waals surface area (Å²) in [6.45, 7) is 1.79.